The summed E-state index contributed by atoms with van der Waals surface area (Å²) in [6.07, 6.45) is 4.00. The zero-order valence-corrected chi connectivity index (χ0v) is 22.9. The van der Waals surface area contributed by atoms with E-state index in [2.05, 4.69) is 15.6 Å². The first-order valence-electron chi connectivity index (χ1n) is 12.1. The summed E-state index contributed by atoms with van der Waals surface area (Å²) in [6, 6.07) is 6.98. The summed E-state index contributed by atoms with van der Waals surface area (Å²) in [5.41, 5.74) is -1.20. The third-order valence-electron chi connectivity index (χ3n) is 7.67. The molecule has 204 valence electrons. The van der Waals surface area contributed by atoms with Gasteiger partial charge in [0.15, 0.2) is 0 Å². The fourth-order valence-electron chi connectivity index (χ4n) is 5.06. The van der Waals surface area contributed by atoms with E-state index in [0.29, 0.717) is 42.4 Å². The van der Waals surface area contributed by atoms with Gasteiger partial charge in [0.1, 0.15) is 17.2 Å². The van der Waals surface area contributed by atoms with E-state index in [4.69, 9.17) is 33.3 Å². The summed E-state index contributed by atoms with van der Waals surface area (Å²) >= 11 is 12.4. The number of carbonyl (C=O) groups excluding carboxylic acids is 2. The minimum Gasteiger partial charge on any atom is -0.497 e. The molecule has 2 saturated heterocycles. The molecular formula is C25H29Cl2N5O5S. The Balaban J connectivity index is 1.48. The van der Waals surface area contributed by atoms with Crippen LogP contribution in [0.25, 0.3) is 0 Å². The summed E-state index contributed by atoms with van der Waals surface area (Å²) < 4.78 is 28.0. The normalized spacial score (nSPS) is 23.8. The Morgan fingerprint density at radius 1 is 1.26 bits per heavy atom. The molecule has 1 aromatic heterocycles. The van der Waals surface area contributed by atoms with Crippen molar-refractivity contribution in [1.82, 2.24) is 20.5 Å². The third kappa shape index (κ3) is 4.65. The molecule has 2 aliphatic heterocycles. The Labute approximate surface area is 231 Å². The molecule has 3 aliphatic rings. The summed E-state index contributed by atoms with van der Waals surface area (Å²) in [5.74, 6) is -0.292. The van der Waals surface area contributed by atoms with Crippen molar-refractivity contribution in [3.05, 3.63) is 52.3 Å². The number of halogens is 2. The van der Waals surface area contributed by atoms with Crippen LogP contribution in [0.4, 0.5) is 0 Å². The number of ether oxygens (including phenoxy) is 1. The molecule has 10 nitrogen and oxygen atoms in total. The van der Waals surface area contributed by atoms with Crippen LogP contribution in [0.3, 0.4) is 0 Å². The number of rotatable bonds is 8. The molecule has 2 amide bonds. The second-order valence-electron chi connectivity index (χ2n) is 10.1. The molecule has 1 saturated carbocycles. The quantitative estimate of drug-likeness (QED) is 0.300. The summed E-state index contributed by atoms with van der Waals surface area (Å²) in [7, 11) is -2.04. The van der Waals surface area contributed by atoms with Gasteiger partial charge in [-0.1, -0.05) is 23.2 Å². The second kappa shape index (κ2) is 9.96. The fraction of sp³-hybridized carbons (Fsp3) is 0.440. The highest BCUT2D eigenvalue weighted by Gasteiger charge is 2.55. The number of pyridine rings is 1. The lowest BCUT2D eigenvalue weighted by Gasteiger charge is -2.44. The lowest BCUT2D eigenvalue weighted by atomic mass is 9.76. The molecule has 38 heavy (non-hydrogen) atoms. The number of aromatic nitrogens is 1. The van der Waals surface area contributed by atoms with Gasteiger partial charge < -0.3 is 25.7 Å². The molecule has 13 heteroatoms. The van der Waals surface area contributed by atoms with Crippen LogP contribution in [0, 0.1) is 5.41 Å². The maximum atomic E-state index is 14.2. The molecule has 3 fully saturated rings. The van der Waals surface area contributed by atoms with Gasteiger partial charge in [-0.25, -0.2) is 0 Å². The van der Waals surface area contributed by atoms with Crippen molar-refractivity contribution in [3.63, 3.8) is 0 Å². The van der Waals surface area contributed by atoms with Crippen molar-refractivity contribution < 1.29 is 23.4 Å². The zero-order chi connectivity index (χ0) is 27.3. The highest BCUT2D eigenvalue weighted by Crippen LogP contribution is 2.59. The number of likely N-dealkylation sites (tertiary alicyclic amines) is 1. The first-order valence-corrected chi connectivity index (χ1v) is 14.5. The Kier molecular flexibility index (Phi) is 7.12. The van der Waals surface area contributed by atoms with Gasteiger partial charge in [-0.15, -0.1) is 0 Å². The molecule has 1 aromatic carbocycles. The SMILES string of the molecule is COc1ccc(S(O)(O)[C@@H]2C[C@@H](C(=O)NC3(C=N)CC3)N(C(=O)C3(c4ccc(Cl)cn4)CNC3)C2)c(Cl)c1. The van der Waals surface area contributed by atoms with Crippen LogP contribution in [0.15, 0.2) is 41.4 Å². The minimum atomic E-state index is -3.52. The Morgan fingerprint density at radius 3 is 2.53 bits per heavy atom. The molecule has 5 rings (SSSR count). The number of hydrogen-bond donors (Lipinski definition) is 5. The van der Waals surface area contributed by atoms with E-state index < -0.39 is 38.7 Å². The highest BCUT2D eigenvalue weighted by molar-refractivity contribution is 8.25. The van der Waals surface area contributed by atoms with E-state index >= 15 is 0 Å². The number of nitrogens with one attached hydrogen (secondary N) is 3. The number of amides is 2. The average molecular weight is 583 g/mol. The molecule has 5 N–H and O–H groups in total. The fourth-order valence-corrected chi connectivity index (χ4v) is 7.48. The van der Waals surface area contributed by atoms with Gasteiger partial charge in [0.05, 0.1) is 38.5 Å². The maximum Gasteiger partial charge on any atom is 0.243 e. The van der Waals surface area contributed by atoms with Crippen LogP contribution in [0.2, 0.25) is 10.0 Å². The lowest BCUT2D eigenvalue weighted by molar-refractivity contribution is -0.145. The van der Waals surface area contributed by atoms with E-state index in [1.807, 2.05) is 0 Å². The summed E-state index contributed by atoms with van der Waals surface area (Å²) in [4.78, 5) is 33.6. The van der Waals surface area contributed by atoms with Crippen LogP contribution < -0.4 is 15.4 Å². The highest BCUT2D eigenvalue weighted by atomic mass is 35.5. The predicted molar refractivity (Wildman–Crippen MR) is 146 cm³/mol. The van der Waals surface area contributed by atoms with Crippen LogP contribution in [-0.4, -0.2) is 80.6 Å². The van der Waals surface area contributed by atoms with Gasteiger partial charge in [-0.05, 0) is 43.5 Å². The molecule has 0 radical (unpaired) electrons. The van der Waals surface area contributed by atoms with Crippen molar-refractivity contribution in [2.24, 2.45) is 0 Å². The van der Waals surface area contributed by atoms with Gasteiger partial charge in [0, 0.05) is 38.1 Å². The summed E-state index contributed by atoms with van der Waals surface area (Å²) in [5, 5.41) is 13.4. The molecule has 2 aromatic rings. The Hall–Kier alpha value is -2.41. The largest absolute Gasteiger partial charge is 0.497 e. The lowest BCUT2D eigenvalue weighted by Crippen LogP contribution is -2.67. The van der Waals surface area contributed by atoms with Gasteiger partial charge in [-0.3, -0.25) is 23.7 Å². The molecule has 0 unspecified atom stereocenters. The smallest absolute Gasteiger partial charge is 0.243 e. The van der Waals surface area contributed by atoms with Crippen molar-refractivity contribution in [3.8, 4) is 5.75 Å². The number of hydrogen-bond acceptors (Lipinski definition) is 8. The van der Waals surface area contributed by atoms with Crippen LogP contribution >= 0.6 is 33.8 Å². The topological polar surface area (TPSA) is 148 Å². The second-order valence-corrected chi connectivity index (χ2v) is 13.2. The van der Waals surface area contributed by atoms with Gasteiger partial charge in [0.25, 0.3) is 0 Å². The van der Waals surface area contributed by atoms with Crippen molar-refractivity contribution in [1.29, 1.82) is 5.41 Å². The van der Waals surface area contributed by atoms with Gasteiger partial charge in [-0.2, -0.15) is 10.6 Å². The molecule has 0 bridgehead atoms. The Bertz CT molecular complexity index is 1270. The first-order chi connectivity index (χ1) is 18.0. The molecule has 2 atom stereocenters. The molecular weight excluding hydrogens is 553 g/mol. The number of benzene rings is 1. The number of carbonyl (C=O) groups is 2. The third-order valence-corrected chi connectivity index (χ3v) is 10.6. The van der Waals surface area contributed by atoms with Crippen LogP contribution in [0.1, 0.15) is 25.0 Å². The average Bonchev–Trinajstić information content (AvgIpc) is 3.48. The maximum absolute atomic E-state index is 14.2. The predicted octanol–water partition coefficient (Wildman–Crippen LogP) is 3.32. The summed E-state index contributed by atoms with van der Waals surface area (Å²) in [6.45, 7) is 0.580. The van der Waals surface area contributed by atoms with Crippen molar-refractivity contribution >= 4 is 51.8 Å². The number of nitrogens with zero attached hydrogens (tertiary/aromatic N) is 2. The van der Waals surface area contributed by atoms with Crippen molar-refractivity contribution in [2.75, 3.05) is 26.7 Å². The molecule has 1 aliphatic carbocycles. The molecule has 0 spiro atoms. The van der Waals surface area contributed by atoms with Gasteiger partial charge in [0.2, 0.25) is 11.8 Å². The zero-order valence-electron chi connectivity index (χ0n) is 20.6. The van der Waals surface area contributed by atoms with E-state index in [0.717, 1.165) is 0 Å². The Morgan fingerprint density at radius 2 is 2.00 bits per heavy atom. The van der Waals surface area contributed by atoms with E-state index in [1.165, 1.54) is 36.6 Å². The standard InChI is InChI=1S/C25H29Cl2N5O5S/c1-37-16-3-4-20(18(27)8-16)38(35,36)17-9-19(22(33)31-24(12-28)6-7-24)32(11-17)23(34)25(13-29-14-25)21-5-2-15(26)10-30-21/h2-5,8,10,12,17,19,28-29,35-36H,6-7,9,11,13-14H2,1H3,(H,31,33)/t17-,19+/m1/s1. The minimum absolute atomic E-state index is 0.0217. The monoisotopic (exact) mass is 581 g/mol. The van der Waals surface area contributed by atoms with E-state index in [1.54, 1.807) is 18.2 Å². The van der Waals surface area contributed by atoms with Crippen molar-refractivity contribution in [2.45, 2.75) is 46.4 Å². The van der Waals surface area contributed by atoms with Crippen LogP contribution in [-0.2, 0) is 15.0 Å². The van der Waals surface area contributed by atoms with Gasteiger partial charge >= 0.3 is 0 Å². The van der Waals surface area contributed by atoms with E-state index in [-0.39, 0.29) is 28.8 Å². The molecule has 3 heterocycles. The first kappa shape index (κ1) is 27.2. The van der Waals surface area contributed by atoms with E-state index in [9.17, 15) is 18.7 Å². The van der Waals surface area contributed by atoms with Crippen LogP contribution in [0.5, 0.6) is 5.75 Å². The number of methoxy groups -OCH3 is 1.